The number of carbonyl (C=O) groups excluding carboxylic acids is 2. The molecule has 0 fully saturated rings. The molecule has 2 aromatic carbocycles. The van der Waals surface area contributed by atoms with Gasteiger partial charge in [-0.25, -0.2) is 4.79 Å². The summed E-state index contributed by atoms with van der Waals surface area (Å²) in [5.74, 6) is -0.276. The molecule has 1 aliphatic carbocycles. The number of hydrogen-bond donors (Lipinski definition) is 2. The monoisotopic (exact) mass is 506 g/mol. The Balaban J connectivity index is 1.35. The number of nitrogens with zero attached hydrogens (tertiary/aromatic N) is 2. The van der Waals surface area contributed by atoms with Crippen molar-refractivity contribution in [3.63, 3.8) is 0 Å². The number of anilines is 1. The van der Waals surface area contributed by atoms with Crippen LogP contribution < -0.4 is 10.6 Å². The fourth-order valence-corrected chi connectivity index (χ4v) is 4.60. The highest BCUT2D eigenvalue weighted by molar-refractivity contribution is 6.03. The molecule has 0 saturated carbocycles. The lowest BCUT2D eigenvalue weighted by Gasteiger charge is -2.21. The molecule has 198 valence electrons. The van der Waals surface area contributed by atoms with E-state index in [1.165, 1.54) is 21.4 Å². The SMILES string of the molecule is CCCCOCCOCC(=O)n1ncc2c(NC(=O)N[C@@H]3CCc4cc(C(C)(C)C)ccc43)cccc21. The zero-order valence-electron chi connectivity index (χ0n) is 22.3. The van der Waals surface area contributed by atoms with E-state index in [1.54, 1.807) is 24.4 Å². The van der Waals surface area contributed by atoms with E-state index in [0.29, 0.717) is 36.4 Å². The molecular weight excluding hydrogens is 468 g/mol. The van der Waals surface area contributed by atoms with Crippen LogP contribution in [0.3, 0.4) is 0 Å². The Hall–Kier alpha value is -3.23. The maximum atomic E-state index is 12.9. The second kappa shape index (κ2) is 11.9. The van der Waals surface area contributed by atoms with Gasteiger partial charge in [0.2, 0.25) is 0 Å². The van der Waals surface area contributed by atoms with Gasteiger partial charge in [-0.2, -0.15) is 9.78 Å². The number of hydrogen-bond acceptors (Lipinski definition) is 5. The predicted octanol–water partition coefficient (Wildman–Crippen LogP) is 5.62. The lowest BCUT2D eigenvalue weighted by molar-refractivity contribution is 0.0385. The molecule has 0 bridgehead atoms. The summed E-state index contributed by atoms with van der Waals surface area (Å²) in [6, 6.07) is 11.7. The lowest BCUT2D eigenvalue weighted by Crippen LogP contribution is -2.31. The van der Waals surface area contributed by atoms with Crippen LogP contribution in [0.25, 0.3) is 10.9 Å². The number of urea groups is 1. The van der Waals surface area contributed by atoms with Crippen molar-refractivity contribution in [2.24, 2.45) is 0 Å². The van der Waals surface area contributed by atoms with E-state index in [9.17, 15) is 9.59 Å². The zero-order chi connectivity index (χ0) is 26.4. The van der Waals surface area contributed by atoms with Crippen LogP contribution in [0.15, 0.2) is 42.6 Å². The first-order valence-corrected chi connectivity index (χ1v) is 13.1. The quantitative estimate of drug-likeness (QED) is 0.348. The van der Waals surface area contributed by atoms with Crippen LogP contribution in [0, 0.1) is 0 Å². The van der Waals surface area contributed by atoms with Crippen LogP contribution in [-0.4, -0.2) is 48.1 Å². The van der Waals surface area contributed by atoms with Gasteiger partial charge >= 0.3 is 6.03 Å². The molecule has 4 rings (SSSR count). The summed E-state index contributed by atoms with van der Waals surface area (Å²) in [7, 11) is 0. The summed E-state index contributed by atoms with van der Waals surface area (Å²) in [5.41, 5.74) is 5.09. The maximum absolute atomic E-state index is 12.9. The first-order chi connectivity index (χ1) is 17.8. The number of benzene rings is 2. The predicted molar refractivity (Wildman–Crippen MR) is 145 cm³/mol. The molecule has 8 nitrogen and oxygen atoms in total. The summed E-state index contributed by atoms with van der Waals surface area (Å²) < 4.78 is 12.2. The molecule has 0 spiro atoms. The molecule has 2 N–H and O–H groups in total. The van der Waals surface area contributed by atoms with Gasteiger partial charge in [-0.15, -0.1) is 0 Å². The van der Waals surface area contributed by atoms with Crippen LogP contribution in [0.5, 0.6) is 0 Å². The van der Waals surface area contributed by atoms with Gasteiger partial charge < -0.3 is 20.1 Å². The van der Waals surface area contributed by atoms with Gasteiger partial charge in [0, 0.05) is 12.0 Å². The van der Waals surface area contributed by atoms with Crippen molar-refractivity contribution >= 4 is 28.5 Å². The average Bonchev–Trinajstić information content (AvgIpc) is 3.47. The Kier molecular flexibility index (Phi) is 8.61. The Morgan fingerprint density at radius 3 is 2.70 bits per heavy atom. The molecule has 0 aliphatic heterocycles. The third kappa shape index (κ3) is 6.56. The highest BCUT2D eigenvalue weighted by atomic mass is 16.5. The fraction of sp³-hybridized carbons (Fsp3) is 0.483. The number of aromatic nitrogens is 2. The third-order valence-electron chi connectivity index (χ3n) is 6.73. The smallest absolute Gasteiger partial charge is 0.319 e. The largest absolute Gasteiger partial charge is 0.379 e. The summed E-state index contributed by atoms with van der Waals surface area (Å²) in [4.78, 5) is 25.6. The second-order valence-electron chi connectivity index (χ2n) is 10.6. The maximum Gasteiger partial charge on any atom is 0.319 e. The fourth-order valence-electron chi connectivity index (χ4n) is 4.60. The van der Waals surface area contributed by atoms with Gasteiger partial charge in [0.25, 0.3) is 5.91 Å². The van der Waals surface area contributed by atoms with Gasteiger partial charge in [0.15, 0.2) is 0 Å². The number of rotatable bonds is 10. The molecule has 37 heavy (non-hydrogen) atoms. The van der Waals surface area contributed by atoms with Crippen molar-refractivity contribution in [3.05, 3.63) is 59.3 Å². The van der Waals surface area contributed by atoms with E-state index in [2.05, 4.69) is 61.6 Å². The number of fused-ring (bicyclic) bond motifs is 2. The summed E-state index contributed by atoms with van der Waals surface area (Å²) in [6.07, 6.45) is 5.50. The summed E-state index contributed by atoms with van der Waals surface area (Å²) in [5, 5.41) is 11.0. The molecule has 1 aromatic heterocycles. The van der Waals surface area contributed by atoms with Gasteiger partial charge in [-0.05, 0) is 53.5 Å². The van der Waals surface area contributed by atoms with Crippen molar-refractivity contribution in [1.29, 1.82) is 0 Å². The number of carbonyl (C=O) groups is 2. The van der Waals surface area contributed by atoms with Gasteiger partial charge in [-0.1, -0.05) is 58.4 Å². The van der Waals surface area contributed by atoms with E-state index in [-0.39, 0.29) is 30.0 Å². The zero-order valence-corrected chi connectivity index (χ0v) is 22.3. The Bertz CT molecular complexity index is 1240. The van der Waals surface area contributed by atoms with Crippen LogP contribution in [0.2, 0.25) is 0 Å². The van der Waals surface area contributed by atoms with Crippen molar-refractivity contribution in [1.82, 2.24) is 15.1 Å². The first kappa shape index (κ1) is 26.8. The standard InChI is InChI=1S/C29H38N4O4/c1-5-6-14-36-15-16-37-19-27(34)33-26-9-7-8-24(23(26)18-30-33)31-28(35)32-25-13-10-20-17-21(29(2,3)4)11-12-22(20)25/h7-9,11-12,17-18,25H,5-6,10,13-16,19H2,1-4H3,(H2,31,32,35)/t25-/m1/s1. The molecule has 1 atom stereocenters. The second-order valence-corrected chi connectivity index (χ2v) is 10.6. The molecule has 0 unspecified atom stereocenters. The minimum Gasteiger partial charge on any atom is -0.379 e. The molecule has 0 radical (unpaired) electrons. The van der Waals surface area contributed by atoms with Crippen molar-refractivity contribution in [2.75, 3.05) is 31.7 Å². The van der Waals surface area contributed by atoms with Crippen LogP contribution in [0.1, 0.15) is 74.5 Å². The minimum absolute atomic E-state index is 0.0318. The third-order valence-corrected chi connectivity index (χ3v) is 6.73. The van der Waals surface area contributed by atoms with Crippen LogP contribution in [-0.2, 0) is 21.3 Å². The van der Waals surface area contributed by atoms with E-state index >= 15 is 0 Å². The summed E-state index contributed by atoms with van der Waals surface area (Å²) in [6.45, 7) is 10.2. The highest BCUT2D eigenvalue weighted by Gasteiger charge is 2.26. The number of aryl methyl sites for hydroxylation is 1. The van der Waals surface area contributed by atoms with Gasteiger partial charge in [-0.3, -0.25) is 4.79 Å². The minimum atomic E-state index is -0.282. The number of unbranched alkanes of at least 4 members (excludes halogenated alkanes) is 1. The topological polar surface area (TPSA) is 94.5 Å². The van der Waals surface area contributed by atoms with E-state index < -0.39 is 0 Å². The lowest BCUT2D eigenvalue weighted by atomic mass is 9.85. The van der Waals surface area contributed by atoms with Crippen LogP contribution in [0.4, 0.5) is 10.5 Å². The van der Waals surface area contributed by atoms with Crippen molar-refractivity contribution < 1.29 is 19.1 Å². The Labute approximate surface area is 218 Å². The number of nitrogens with one attached hydrogen (secondary N) is 2. The first-order valence-electron chi connectivity index (χ1n) is 13.1. The van der Waals surface area contributed by atoms with E-state index in [1.807, 2.05) is 0 Å². The molecule has 8 heteroatoms. The van der Waals surface area contributed by atoms with E-state index in [0.717, 1.165) is 25.7 Å². The normalized spacial score (nSPS) is 15.1. The summed E-state index contributed by atoms with van der Waals surface area (Å²) >= 11 is 0. The highest BCUT2D eigenvalue weighted by Crippen LogP contribution is 2.34. The van der Waals surface area contributed by atoms with Crippen molar-refractivity contribution in [3.8, 4) is 0 Å². The van der Waals surface area contributed by atoms with Gasteiger partial charge in [0.1, 0.15) is 6.61 Å². The molecule has 3 aromatic rings. The molecule has 1 aliphatic rings. The van der Waals surface area contributed by atoms with Gasteiger partial charge in [0.05, 0.1) is 36.7 Å². The molecular formula is C29H38N4O4. The molecule has 1 heterocycles. The van der Waals surface area contributed by atoms with Crippen LogP contribution >= 0.6 is 0 Å². The number of ether oxygens (including phenoxy) is 2. The van der Waals surface area contributed by atoms with Crippen molar-refractivity contribution in [2.45, 2.75) is 64.8 Å². The van der Waals surface area contributed by atoms with E-state index in [4.69, 9.17) is 9.47 Å². The average molecular weight is 507 g/mol. The number of amides is 2. The Morgan fingerprint density at radius 1 is 1.11 bits per heavy atom. The molecule has 0 saturated heterocycles. The molecule has 2 amide bonds. The Morgan fingerprint density at radius 2 is 1.92 bits per heavy atom.